The molecule has 0 spiro atoms. The molecule has 1 aliphatic heterocycles. The summed E-state index contributed by atoms with van der Waals surface area (Å²) in [5.41, 5.74) is 5.39. The van der Waals surface area contributed by atoms with E-state index in [9.17, 15) is 0 Å². The topological polar surface area (TPSA) is 16.4 Å². The lowest BCUT2D eigenvalue weighted by atomic mass is 9.85. The van der Waals surface area contributed by atoms with Crippen LogP contribution in [0.1, 0.15) is 37.5 Å². The maximum Gasteiger partial charge on any atom is 0.138 e. The number of nitrogens with zero attached hydrogens (tertiary/aromatic N) is 1. The lowest BCUT2D eigenvalue weighted by molar-refractivity contribution is 0.312. The third-order valence-electron chi connectivity index (χ3n) is 3.94. The highest BCUT2D eigenvalue weighted by molar-refractivity contribution is 5.86. The Morgan fingerprint density at radius 1 is 1.22 bits per heavy atom. The standard InChI is InChI=1S/C16H21NO/c1-16(2,3)14-10-18-15-12(14)6-5-11-7-8-17(4)9-13(11)15/h5-6,10H,7-9H2,1-4H3. The molecule has 0 bridgehead atoms. The molecule has 96 valence electrons. The van der Waals surface area contributed by atoms with Crippen molar-refractivity contribution in [2.24, 2.45) is 0 Å². The second-order valence-corrected chi connectivity index (χ2v) is 6.47. The molecule has 0 radical (unpaired) electrons. The fourth-order valence-electron chi connectivity index (χ4n) is 2.85. The minimum absolute atomic E-state index is 0.139. The first-order chi connectivity index (χ1) is 8.47. The molecule has 3 rings (SSSR count). The second-order valence-electron chi connectivity index (χ2n) is 6.47. The van der Waals surface area contributed by atoms with Gasteiger partial charge in [0.15, 0.2) is 0 Å². The number of likely N-dealkylation sites (N-methyl/N-ethyl adjacent to an activating group) is 1. The Bertz CT molecular complexity index is 589. The number of hydrogen-bond donors (Lipinski definition) is 0. The molecule has 0 saturated carbocycles. The predicted molar refractivity (Wildman–Crippen MR) is 75.0 cm³/mol. The van der Waals surface area contributed by atoms with Crippen LogP contribution in [0.2, 0.25) is 0 Å². The van der Waals surface area contributed by atoms with Gasteiger partial charge in [0.25, 0.3) is 0 Å². The maximum absolute atomic E-state index is 5.90. The first-order valence-corrected chi connectivity index (χ1v) is 6.68. The summed E-state index contributed by atoms with van der Waals surface area (Å²) >= 11 is 0. The number of benzene rings is 1. The van der Waals surface area contributed by atoms with Crippen molar-refractivity contribution >= 4 is 11.0 Å². The van der Waals surface area contributed by atoms with Gasteiger partial charge in [-0.05, 0) is 24.4 Å². The van der Waals surface area contributed by atoms with Crippen molar-refractivity contribution in [2.45, 2.75) is 39.2 Å². The van der Waals surface area contributed by atoms with Crippen LogP contribution in [-0.2, 0) is 18.4 Å². The van der Waals surface area contributed by atoms with E-state index in [1.54, 1.807) is 0 Å². The highest BCUT2D eigenvalue weighted by Gasteiger charge is 2.23. The Hall–Kier alpha value is -1.28. The number of hydrogen-bond acceptors (Lipinski definition) is 2. The van der Waals surface area contributed by atoms with Gasteiger partial charge in [0.05, 0.1) is 6.26 Å². The molecule has 0 amide bonds. The minimum atomic E-state index is 0.139. The SMILES string of the molecule is CN1CCc2ccc3c(C(C)(C)C)coc3c2C1. The summed E-state index contributed by atoms with van der Waals surface area (Å²) in [6.45, 7) is 8.86. The van der Waals surface area contributed by atoms with E-state index < -0.39 is 0 Å². The molecule has 0 unspecified atom stereocenters. The van der Waals surface area contributed by atoms with Gasteiger partial charge in [-0.1, -0.05) is 32.9 Å². The zero-order valence-corrected chi connectivity index (χ0v) is 11.7. The lowest BCUT2D eigenvalue weighted by Gasteiger charge is -2.25. The zero-order valence-electron chi connectivity index (χ0n) is 11.7. The third-order valence-corrected chi connectivity index (χ3v) is 3.94. The van der Waals surface area contributed by atoms with E-state index in [1.807, 2.05) is 6.26 Å². The molecule has 0 N–H and O–H groups in total. The molecular weight excluding hydrogens is 222 g/mol. The molecular formula is C16H21NO. The van der Waals surface area contributed by atoms with Crippen LogP contribution < -0.4 is 0 Å². The van der Waals surface area contributed by atoms with Crippen molar-refractivity contribution in [3.63, 3.8) is 0 Å². The van der Waals surface area contributed by atoms with E-state index in [0.717, 1.165) is 25.1 Å². The van der Waals surface area contributed by atoms with E-state index in [2.05, 4.69) is 44.9 Å². The second kappa shape index (κ2) is 3.86. The van der Waals surface area contributed by atoms with Crippen LogP contribution in [0.5, 0.6) is 0 Å². The Kier molecular flexibility index (Phi) is 2.53. The summed E-state index contributed by atoms with van der Waals surface area (Å²) in [6, 6.07) is 4.53. The van der Waals surface area contributed by atoms with Gasteiger partial charge < -0.3 is 9.32 Å². The molecule has 0 fully saturated rings. The third kappa shape index (κ3) is 1.76. The van der Waals surface area contributed by atoms with Gasteiger partial charge in [-0.25, -0.2) is 0 Å². The number of rotatable bonds is 0. The summed E-state index contributed by atoms with van der Waals surface area (Å²) in [5, 5.41) is 1.29. The molecule has 1 aromatic heterocycles. The Morgan fingerprint density at radius 2 is 2.00 bits per heavy atom. The Labute approximate surface area is 109 Å². The van der Waals surface area contributed by atoms with Crippen LogP contribution in [0.4, 0.5) is 0 Å². The first kappa shape index (κ1) is 11.8. The molecule has 1 aromatic carbocycles. The van der Waals surface area contributed by atoms with Crippen molar-refractivity contribution in [2.75, 3.05) is 13.6 Å². The van der Waals surface area contributed by atoms with Crippen molar-refractivity contribution in [1.82, 2.24) is 4.90 Å². The van der Waals surface area contributed by atoms with E-state index >= 15 is 0 Å². The van der Waals surface area contributed by atoms with E-state index in [1.165, 1.54) is 22.1 Å². The van der Waals surface area contributed by atoms with Crippen molar-refractivity contribution in [3.8, 4) is 0 Å². The minimum Gasteiger partial charge on any atom is -0.464 e. The van der Waals surface area contributed by atoms with Crippen LogP contribution in [0.15, 0.2) is 22.8 Å². The highest BCUT2D eigenvalue weighted by atomic mass is 16.3. The summed E-state index contributed by atoms with van der Waals surface area (Å²) in [5.74, 6) is 0. The van der Waals surface area contributed by atoms with Crippen LogP contribution in [0.25, 0.3) is 11.0 Å². The van der Waals surface area contributed by atoms with E-state index in [4.69, 9.17) is 4.42 Å². The fourth-order valence-corrected chi connectivity index (χ4v) is 2.85. The Morgan fingerprint density at radius 3 is 2.72 bits per heavy atom. The zero-order chi connectivity index (χ0) is 12.9. The summed E-state index contributed by atoms with van der Waals surface area (Å²) in [7, 11) is 2.18. The molecule has 0 atom stereocenters. The first-order valence-electron chi connectivity index (χ1n) is 6.68. The molecule has 1 aliphatic rings. The molecule has 0 aliphatic carbocycles. The lowest BCUT2D eigenvalue weighted by Crippen LogP contribution is -2.26. The van der Waals surface area contributed by atoms with Gasteiger partial charge in [0, 0.05) is 29.6 Å². The average molecular weight is 243 g/mol. The van der Waals surface area contributed by atoms with Crippen molar-refractivity contribution in [3.05, 3.63) is 35.1 Å². The smallest absolute Gasteiger partial charge is 0.138 e. The summed E-state index contributed by atoms with van der Waals surface area (Å²) < 4.78 is 5.90. The monoisotopic (exact) mass is 243 g/mol. The van der Waals surface area contributed by atoms with Crippen LogP contribution in [-0.4, -0.2) is 18.5 Å². The van der Waals surface area contributed by atoms with Gasteiger partial charge in [-0.3, -0.25) is 0 Å². The van der Waals surface area contributed by atoms with Crippen LogP contribution in [0, 0.1) is 0 Å². The van der Waals surface area contributed by atoms with Gasteiger partial charge in [0.2, 0.25) is 0 Å². The fraction of sp³-hybridized carbons (Fsp3) is 0.500. The summed E-state index contributed by atoms with van der Waals surface area (Å²) in [6.07, 6.45) is 3.08. The molecule has 2 aromatic rings. The maximum atomic E-state index is 5.90. The molecule has 18 heavy (non-hydrogen) atoms. The molecule has 2 heterocycles. The van der Waals surface area contributed by atoms with Gasteiger partial charge in [-0.2, -0.15) is 0 Å². The van der Waals surface area contributed by atoms with Gasteiger partial charge in [-0.15, -0.1) is 0 Å². The van der Waals surface area contributed by atoms with Gasteiger partial charge in [0.1, 0.15) is 5.58 Å². The van der Waals surface area contributed by atoms with Crippen molar-refractivity contribution < 1.29 is 4.42 Å². The normalized spacial score (nSPS) is 17.1. The number of furan rings is 1. The average Bonchev–Trinajstić information content (AvgIpc) is 2.72. The van der Waals surface area contributed by atoms with Crippen LogP contribution in [0.3, 0.4) is 0 Å². The van der Waals surface area contributed by atoms with Crippen LogP contribution >= 0.6 is 0 Å². The summed E-state index contributed by atoms with van der Waals surface area (Å²) in [4.78, 5) is 2.36. The van der Waals surface area contributed by atoms with E-state index in [0.29, 0.717) is 0 Å². The van der Waals surface area contributed by atoms with Gasteiger partial charge >= 0.3 is 0 Å². The molecule has 2 heteroatoms. The number of fused-ring (bicyclic) bond motifs is 3. The quantitative estimate of drug-likeness (QED) is 0.701. The largest absolute Gasteiger partial charge is 0.464 e. The highest BCUT2D eigenvalue weighted by Crippen LogP contribution is 2.35. The van der Waals surface area contributed by atoms with E-state index in [-0.39, 0.29) is 5.41 Å². The predicted octanol–water partition coefficient (Wildman–Crippen LogP) is 3.72. The Balaban J connectivity index is 2.22. The molecule has 0 saturated heterocycles. The molecule has 2 nitrogen and oxygen atoms in total. The van der Waals surface area contributed by atoms with Crippen molar-refractivity contribution in [1.29, 1.82) is 0 Å².